The van der Waals surface area contributed by atoms with E-state index in [1.165, 1.54) is 16.6 Å². The first kappa shape index (κ1) is 13.3. The second kappa shape index (κ2) is 5.14. The van der Waals surface area contributed by atoms with Crippen LogP contribution in [0, 0.1) is 5.21 Å². The second-order valence-corrected chi connectivity index (χ2v) is 5.56. The molecule has 1 atom stereocenters. The molecule has 0 fully saturated rings. The van der Waals surface area contributed by atoms with E-state index < -0.39 is 0 Å². The highest BCUT2D eigenvalue weighted by Gasteiger charge is 2.24. The zero-order chi connectivity index (χ0) is 15.1. The van der Waals surface area contributed by atoms with E-state index in [1.807, 2.05) is 18.2 Å². The second-order valence-electron chi connectivity index (χ2n) is 5.56. The number of hydrogen-bond donors (Lipinski definition) is 3. The number of hydrogen-bond acceptors (Lipinski definition) is 4. The van der Waals surface area contributed by atoms with Gasteiger partial charge in [-0.1, -0.05) is 30.3 Å². The van der Waals surface area contributed by atoms with Gasteiger partial charge in [-0.05, 0) is 35.7 Å². The van der Waals surface area contributed by atoms with Crippen molar-refractivity contribution in [2.45, 2.75) is 12.5 Å². The summed E-state index contributed by atoms with van der Waals surface area (Å²) >= 11 is 0. The molecule has 0 amide bonds. The minimum absolute atomic E-state index is 0.0731. The Balaban J connectivity index is 1.78. The topological polar surface area (TPSA) is 74.3 Å². The van der Waals surface area contributed by atoms with E-state index in [9.17, 15) is 5.21 Å². The molecule has 0 aliphatic carbocycles. The molecule has 0 radical (unpaired) electrons. The molecule has 5 heteroatoms. The molecule has 3 N–H and O–H groups in total. The first-order valence-corrected chi connectivity index (χ1v) is 7.33. The molecule has 0 saturated heterocycles. The Labute approximate surface area is 127 Å². The molecule has 1 aromatic heterocycles. The smallest absolute Gasteiger partial charge is 0.0732 e. The third-order valence-electron chi connectivity index (χ3n) is 4.31. The fourth-order valence-electron chi connectivity index (χ4n) is 3.26. The fraction of sp³-hybridized carbons (Fsp3) is 0.176. The predicted octanol–water partition coefficient (Wildman–Crippen LogP) is 3.10. The Hall–Kier alpha value is -2.34. The molecule has 5 nitrogen and oxygen atoms in total. The summed E-state index contributed by atoms with van der Waals surface area (Å²) in [6.45, 7) is 0.912. The van der Waals surface area contributed by atoms with Crippen molar-refractivity contribution in [3.63, 3.8) is 0 Å². The monoisotopic (exact) mass is 294 g/mol. The van der Waals surface area contributed by atoms with Gasteiger partial charge in [-0.25, -0.2) is 0 Å². The minimum Gasteiger partial charge on any atom is -0.733 e. The third-order valence-corrected chi connectivity index (χ3v) is 4.31. The Morgan fingerprint density at radius 1 is 1.09 bits per heavy atom. The van der Waals surface area contributed by atoms with Gasteiger partial charge in [-0.15, -0.1) is 0 Å². The zero-order valence-corrected chi connectivity index (χ0v) is 11.9. The summed E-state index contributed by atoms with van der Waals surface area (Å²) in [7, 11) is 0. The molecule has 0 spiro atoms. The summed E-state index contributed by atoms with van der Waals surface area (Å²) in [5.74, 6) is 0. The van der Waals surface area contributed by atoms with Gasteiger partial charge in [0, 0.05) is 23.1 Å². The lowest BCUT2D eigenvalue weighted by Crippen LogP contribution is -2.30. The molecule has 0 saturated carbocycles. The summed E-state index contributed by atoms with van der Waals surface area (Å²) in [5.41, 5.74) is 4.99. The molecule has 1 aliphatic rings. The van der Waals surface area contributed by atoms with Crippen molar-refractivity contribution in [3.8, 4) is 0 Å². The van der Waals surface area contributed by atoms with E-state index in [2.05, 4.69) is 28.5 Å². The van der Waals surface area contributed by atoms with Crippen LogP contribution in [0.5, 0.6) is 0 Å². The lowest BCUT2D eigenvalue weighted by molar-refractivity contribution is 0.296. The predicted molar refractivity (Wildman–Crippen MR) is 85.9 cm³/mol. The maximum Gasteiger partial charge on any atom is 0.0732 e. The number of fused-ring (bicyclic) bond motifs is 3. The number of benzene rings is 2. The van der Waals surface area contributed by atoms with Crippen LogP contribution < -0.4 is 10.5 Å². The summed E-state index contributed by atoms with van der Waals surface area (Å²) in [5, 5.41) is 24.5. The van der Waals surface area contributed by atoms with Crippen molar-refractivity contribution < 1.29 is 5.21 Å². The quantitative estimate of drug-likeness (QED) is 0.635. The largest absolute Gasteiger partial charge is 0.733 e. The summed E-state index contributed by atoms with van der Waals surface area (Å²) in [6, 6.07) is 15.4. The molecule has 0 bridgehead atoms. The highest BCUT2D eigenvalue weighted by Crippen LogP contribution is 2.33. The van der Waals surface area contributed by atoms with Crippen LogP contribution >= 0.6 is 0 Å². The number of para-hydroxylation sites is 1. The van der Waals surface area contributed by atoms with E-state index in [0.717, 1.165) is 24.0 Å². The molecule has 22 heavy (non-hydrogen) atoms. The van der Waals surface area contributed by atoms with E-state index >= 15 is 0 Å². The van der Waals surface area contributed by atoms with Gasteiger partial charge in [0.2, 0.25) is 0 Å². The van der Waals surface area contributed by atoms with Gasteiger partial charge in [0.05, 0.1) is 11.7 Å². The number of aromatic nitrogens is 1. The maximum atomic E-state index is 10.9. The average Bonchev–Trinajstić information content (AvgIpc) is 2.93. The third kappa shape index (κ3) is 2.07. The summed E-state index contributed by atoms with van der Waals surface area (Å²) in [4.78, 5) is 3.52. The van der Waals surface area contributed by atoms with E-state index in [0.29, 0.717) is 0 Å². The van der Waals surface area contributed by atoms with Gasteiger partial charge in [-0.2, -0.15) is 0 Å². The van der Waals surface area contributed by atoms with E-state index in [1.54, 1.807) is 12.1 Å². The van der Waals surface area contributed by atoms with Gasteiger partial charge in [0.1, 0.15) is 0 Å². The van der Waals surface area contributed by atoms with Crippen molar-refractivity contribution in [3.05, 3.63) is 70.6 Å². The van der Waals surface area contributed by atoms with Crippen LogP contribution in [0.3, 0.4) is 0 Å². The van der Waals surface area contributed by atoms with Crippen LogP contribution in [0.2, 0.25) is 0 Å². The van der Waals surface area contributed by atoms with Crippen LogP contribution in [0.25, 0.3) is 10.9 Å². The standard InChI is InChI=1S/C17H16N3O2/c21-20(22)12-7-5-11(6-8-12)16-17-14(9-10-18-16)13-3-1-2-4-15(13)19-17/h1-8,16,18-19,21H,9-10H2/q-1. The van der Waals surface area contributed by atoms with Gasteiger partial charge in [0.25, 0.3) is 0 Å². The fourth-order valence-corrected chi connectivity index (χ4v) is 3.26. The Morgan fingerprint density at radius 3 is 2.64 bits per heavy atom. The number of nitrogens with one attached hydrogen (secondary N) is 2. The zero-order valence-electron chi connectivity index (χ0n) is 11.9. The normalized spacial score (nSPS) is 17.5. The highest BCUT2D eigenvalue weighted by atomic mass is 16.8. The number of H-pyrrole nitrogens is 1. The van der Waals surface area contributed by atoms with Crippen molar-refractivity contribution in [1.82, 2.24) is 10.3 Å². The van der Waals surface area contributed by atoms with Crippen LogP contribution in [0.15, 0.2) is 48.5 Å². The molecule has 1 unspecified atom stereocenters. The van der Waals surface area contributed by atoms with Crippen LogP contribution in [0.1, 0.15) is 22.9 Å². The molecule has 4 rings (SSSR count). The van der Waals surface area contributed by atoms with Crippen molar-refractivity contribution >= 4 is 16.6 Å². The number of aromatic amines is 1. The molecule has 3 aromatic rings. The van der Waals surface area contributed by atoms with Crippen molar-refractivity contribution in [1.29, 1.82) is 0 Å². The molecule has 2 aromatic carbocycles. The molecule has 1 aliphatic heterocycles. The number of anilines is 1. The van der Waals surface area contributed by atoms with Crippen LogP contribution in [0.4, 0.5) is 5.69 Å². The number of rotatable bonds is 2. The van der Waals surface area contributed by atoms with Crippen molar-refractivity contribution in [2.24, 2.45) is 0 Å². The van der Waals surface area contributed by atoms with Gasteiger partial charge in [0.15, 0.2) is 0 Å². The van der Waals surface area contributed by atoms with E-state index in [4.69, 9.17) is 5.21 Å². The number of nitrogens with zero attached hydrogens (tertiary/aromatic N) is 1. The van der Waals surface area contributed by atoms with Crippen molar-refractivity contribution in [2.75, 3.05) is 11.8 Å². The highest BCUT2D eigenvalue weighted by molar-refractivity contribution is 5.85. The summed E-state index contributed by atoms with van der Waals surface area (Å²) in [6.07, 6.45) is 0.999. The molecule has 112 valence electrons. The lowest BCUT2D eigenvalue weighted by Gasteiger charge is -2.26. The average molecular weight is 294 g/mol. The first-order valence-electron chi connectivity index (χ1n) is 7.33. The molecular formula is C17H16N3O2-. The SMILES string of the molecule is [O-]N(O)c1ccc(C2NCCc3c2[nH]c2ccccc32)cc1. The van der Waals surface area contributed by atoms with Gasteiger partial charge < -0.3 is 20.7 Å². The Kier molecular flexibility index (Phi) is 3.11. The van der Waals surface area contributed by atoms with Crippen LogP contribution in [-0.2, 0) is 6.42 Å². The Bertz CT molecular complexity index is 808. The molecule has 2 heterocycles. The van der Waals surface area contributed by atoms with Crippen LogP contribution in [-0.4, -0.2) is 16.7 Å². The lowest BCUT2D eigenvalue weighted by atomic mass is 9.94. The minimum atomic E-state index is -0.119. The van der Waals surface area contributed by atoms with Gasteiger partial charge >= 0.3 is 0 Å². The van der Waals surface area contributed by atoms with E-state index in [-0.39, 0.29) is 17.0 Å². The first-order chi connectivity index (χ1) is 10.7. The maximum absolute atomic E-state index is 10.9. The van der Waals surface area contributed by atoms with Gasteiger partial charge in [-0.3, -0.25) is 5.21 Å². The Morgan fingerprint density at radius 2 is 1.86 bits per heavy atom. The summed E-state index contributed by atoms with van der Waals surface area (Å²) < 4.78 is 0. The molecular weight excluding hydrogens is 278 g/mol.